The van der Waals surface area contributed by atoms with Crippen molar-refractivity contribution in [3.8, 4) is 0 Å². The lowest BCUT2D eigenvalue weighted by Gasteiger charge is -2.01. The molecule has 3 nitrogen and oxygen atoms in total. The Balaban J connectivity index is 2.30. The van der Waals surface area contributed by atoms with E-state index in [1.54, 1.807) is 11.3 Å². The summed E-state index contributed by atoms with van der Waals surface area (Å²) >= 11 is 1.56. The summed E-state index contributed by atoms with van der Waals surface area (Å²) in [5.74, 6) is 0.0406. The molecule has 1 amide bonds. The molecule has 2 N–H and O–H groups in total. The van der Waals surface area contributed by atoms with Crippen LogP contribution < -0.4 is 10.6 Å². The Kier molecular flexibility index (Phi) is 2.11. The second kappa shape index (κ2) is 3.49. The van der Waals surface area contributed by atoms with E-state index in [-0.39, 0.29) is 5.91 Å². The van der Waals surface area contributed by atoms with Crippen LogP contribution in [0.4, 0.5) is 5.69 Å². The number of thiophene rings is 1. The molecule has 0 saturated heterocycles. The highest BCUT2D eigenvalue weighted by Crippen LogP contribution is 2.36. The fourth-order valence-corrected chi connectivity index (χ4v) is 3.07. The zero-order valence-corrected chi connectivity index (χ0v) is 9.78. The molecule has 0 fully saturated rings. The number of anilines is 1. The minimum Gasteiger partial charge on any atom is -0.381 e. The van der Waals surface area contributed by atoms with Gasteiger partial charge in [-0.2, -0.15) is 0 Å². The van der Waals surface area contributed by atoms with Crippen LogP contribution in [0.1, 0.15) is 15.2 Å². The smallest absolute Gasteiger partial charge is 0.263 e. The molecule has 0 aliphatic carbocycles. The maximum Gasteiger partial charge on any atom is 0.263 e. The normalized spacial score (nSPS) is 15.2. The summed E-state index contributed by atoms with van der Waals surface area (Å²) in [4.78, 5) is 12.6. The molecule has 4 heteroatoms. The Bertz CT molecular complexity index is 574. The Morgan fingerprint density at radius 2 is 2.06 bits per heavy atom. The van der Waals surface area contributed by atoms with Crippen LogP contribution in [-0.4, -0.2) is 19.0 Å². The van der Waals surface area contributed by atoms with E-state index in [0.717, 1.165) is 22.5 Å². The second-order valence-electron chi connectivity index (χ2n) is 3.99. The maximum atomic E-state index is 11.8. The van der Waals surface area contributed by atoms with E-state index in [1.807, 2.05) is 0 Å². The third-order valence-corrected chi connectivity index (χ3v) is 3.93. The Morgan fingerprint density at radius 1 is 1.25 bits per heavy atom. The molecule has 0 atom stereocenters. The Hall–Kier alpha value is -1.55. The average molecular weight is 232 g/mol. The summed E-state index contributed by atoms with van der Waals surface area (Å²) in [5, 5.41) is 7.38. The standard InChI is InChI=1S/C12H12N2OS/c1-7-2-3-9-8(6-7)10-11(16-9)12(15)14-5-4-13-10/h2-3,6,13H,4-5H2,1H3,(H,14,15). The second-order valence-corrected chi connectivity index (χ2v) is 5.04. The maximum absolute atomic E-state index is 11.8. The van der Waals surface area contributed by atoms with E-state index in [0.29, 0.717) is 6.54 Å². The van der Waals surface area contributed by atoms with Gasteiger partial charge in [0.05, 0.1) is 5.69 Å². The Morgan fingerprint density at radius 3 is 2.94 bits per heavy atom. The molecule has 1 aliphatic rings. The highest BCUT2D eigenvalue weighted by molar-refractivity contribution is 7.21. The van der Waals surface area contributed by atoms with Crippen molar-refractivity contribution in [2.45, 2.75) is 6.92 Å². The van der Waals surface area contributed by atoms with Crippen LogP contribution >= 0.6 is 11.3 Å². The molecule has 16 heavy (non-hydrogen) atoms. The number of aryl methyl sites for hydroxylation is 1. The Labute approximate surface area is 97.5 Å². The number of fused-ring (bicyclic) bond motifs is 3. The summed E-state index contributed by atoms with van der Waals surface area (Å²) in [7, 11) is 0. The van der Waals surface area contributed by atoms with Crippen LogP contribution in [0.15, 0.2) is 18.2 Å². The minimum absolute atomic E-state index is 0.0406. The minimum atomic E-state index is 0.0406. The van der Waals surface area contributed by atoms with Crippen molar-refractivity contribution in [3.63, 3.8) is 0 Å². The first-order valence-electron chi connectivity index (χ1n) is 5.31. The number of hydrogen-bond acceptors (Lipinski definition) is 3. The van der Waals surface area contributed by atoms with Gasteiger partial charge in [0.25, 0.3) is 5.91 Å². The predicted octanol–water partition coefficient (Wildman–Crippen LogP) is 2.37. The van der Waals surface area contributed by atoms with Crippen molar-refractivity contribution in [2.24, 2.45) is 0 Å². The quantitative estimate of drug-likeness (QED) is 0.732. The van der Waals surface area contributed by atoms with Gasteiger partial charge in [0.2, 0.25) is 0 Å². The molecule has 1 aromatic carbocycles. The number of carbonyl (C=O) groups excluding carboxylic acids is 1. The van der Waals surface area contributed by atoms with Crippen molar-refractivity contribution < 1.29 is 4.79 Å². The lowest BCUT2D eigenvalue weighted by atomic mass is 10.1. The molecule has 2 heterocycles. The van der Waals surface area contributed by atoms with Crippen molar-refractivity contribution in [3.05, 3.63) is 28.6 Å². The molecule has 1 aliphatic heterocycles. The van der Waals surface area contributed by atoms with Gasteiger partial charge in [0.15, 0.2) is 0 Å². The van der Waals surface area contributed by atoms with Gasteiger partial charge in [-0.3, -0.25) is 4.79 Å². The molecular weight excluding hydrogens is 220 g/mol. The van der Waals surface area contributed by atoms with Crippen molar-refractivity contribution >= 4 is 33.0 Å². The van der Waals surface area contributed by atoms with Crippen molar-refractivity contribution in [2.75, 3.05) is 18.4 Å². The molecule has 2 aromatic rings. The first kappa shape index (κ1) is 9.66. The SMILES string of the molecule is Cc1ccc2sc3c(c2c1)NCCNC3=O. The number of amides is 1. The number of rotatable bonds is 0. The van der Waals surface area contributed by atoms with Crippen LogP contribution in [-0.2, 0) is 0 Å². The topological polar surface area (TPSA) is 41.1 Å². The van der Waals surface area contributed by atoms with E-state index in [4.69, 9.17) is 0 Å². The van der Waals surface area contributed by atoms with Crippen LogP contribution in [0.3, 0.4) is 0 Å². The summed E-state index contributed by atoms with van der Waals surface area (Å²) in [5.41, 5.74) is 2.22. The van der Waals surface area contributed by atoms with Crippen molar-refractivity contribution in [1.82, 2.24) is 5.32 Å². The molecular formula is C12H12N2OS. The first-order chi connectivity index (χ1) is 7.75. The fraction of sp³-hybridized carbons (Fsp3) is 0.250. The third kappa shape index (κ3) is 1.38. The largest absolute Gasteiger partial charge is 0.381 e. The van der Waals surface area contributed by atoms with Crippen molar-refractivity contribution in [1.29, 1.82) is 0 Å². The average Bonchev–Trinajstić information content (AvgIpc) is 2.52. The highest BCUT2D eigenvalue weighted by Gasteiger charge is 2.20. The fourth-order valence-electron chi connectivity index (χ4n) is 1.99. The highest BCUT2D eigenvalue weighted by atomic mass is 32.1. The molecule has 82 valence electrons. The summed E-state index contributed by atoms with van der Waals surface area (Å²) in [6.07, 6.45) is 0. The van der Waals surface area contributed by atoms with E-state index in [1.165, 1.54) is 10.3 Å². The third-order valence-electron chi connectivity index (χ3n) is 2.76. The summed E-state index contributed by atoms with van der Waals surface area (Å²) in [6.45, 7) is 3.55. The molecule has 0 bridgehead atoms. The van der Waals surface area contributed by atoms with E-state index in [2.05, 4.69) is 35.8 Å². The number of benzene rings is 1. The molecule has 1 aromatic heterocycles. The van der Waals surface area contributed by atoms with Gasteiger partial charge in [-0.15, -0.1) is 11.3 Å². The lowest BCUT2D eigenvalue weighted by Crippen LogP contribution is -2.24. The van der Waals surface area contributed by atoms with Gasteiger partial charge < -0.3 is 10.6 Å². The molecule has 0 unspecified atom stereocenters. The van der Waals surface area contributed by atoms with Gasteiger partial charge >= 0.3 is 0 Å². The van der Waals surface area contributed by atoms with Gasteiger partial charge in [0.1, 0.15) is 4.88 Å². The number of nitrogens with one attached hydrogen (secondary N) is 2. The van der Waals surface area contributed by atoms with Crippen LogP contribution in [0.25, 0.3) is 10.1 Å². The zero-order chi connectivity index (χ0) is 11.1. The lowest BCUT2D eigenvalue weighted by molar-refractivity contribution is 0.0962. The summed E-state index contributed by atoms with van der Waals surface area (Å²) in [6, 6.07) is 6.30. The molecule has 0 saturated carbocycles. The molecule has 3 rings (SSSR count). The monoisotopic (exact) mass is 232 g/mol. The molecule has 0 spiro atoms. The zero-order valence-electron chi connectivity index (χ0n) is 8.96. The van der Waals surface area contributed by atoms with Gasteiger partial charge in [0, 0.05) is 23.2 Å². The van der Waals surface area contributed by atoms with E-state index in [9.17, 15) is 4.79 Å². The predicted molar refractivity (Wildman–Crippen MR) is 67.4 cm³/mol. The van der Waals surface area contributed by atoms with E-state index < -0.39 is 0 Å². The molecule has 0 radical (unpaired) electrons. The van der Waals surface area contributed by atoms with Gasteiger partial charge in [-0.25, -0.2) is 0 Å². The van der Waals surface area contributed by atoms with Crippen LogP contribution in [0.5, 0.6) is 0 Å². The number of hydrogen-bond donors (Lipinski definition) is 2. The first-order valence-corrected chi connectivity index (χ1v) is 6.12. The van der Waals surface area contributed by atoms with E-state index >= 15 is 0 Å². The van der Waals surface area contributed by atoms with Gasteiger partial charge in [-0.1, -0.05) is 11.6 Å². The van der Waals surface area contributed by atoms with Crippen LogP contribution in [0, 0.1) is 6.92 Å². The summed E-state index contributed by atoms with van der Waals surface area (Å²) < 4.78 is 1.17. The van der Waals surface area contributed by atoms with Crippen LogP contribution in [0.2, 0.25) is 0 Å². The van der Waals surface area contributed by atoms with Gasteiger partial charge in [-0.05, 0) is 19.1 Å². The number of carbonyl (C=O) groups is 1.